The summed E-state index contributed by atoms with van der Waals surface area (Å²) in [6.07, 6.45) is 9.64. The molecule has 1 aliphatic rings. The fourth-order valence-corrected chi connectivity index (χ4v) is 2.28. The van der Waals surface area contributed by atoms with E-state index in [1.165, 1.54) is 12.8 Å². The third-order valence-corrected chi connectivity index (χ3v) is 3.48. The first kappa shape index (κ1) is 15.8. The van der Waals surface area contributed by atoms with Crippen molar-refractivity contribution in [2.45, 2.75) is 58.0 Å². The molecule has 1 aliphatic carbocycles. The van der Waals surface area contributed by atoms with Gasteiger partial charge in [-0.2, -0.15) is 0 Å². The number of rotatable bonds is 8. The van der Waals surface area contributed by atoms with Crippen LogP contribution in [0.15, 0.2) is 12.2 Å². The molecule has 3 heteroatoms. The third-order valence-electron chi connectivity index (χ3n) is 3.48. The van der Waals surface area contributed by atoms with Crippen LogP contribution in [-0.2, 0) is 4.79 Å². The lowest BCUT2D eigenvalue weighted by atomic mass is 10.1. The predicted molar refractivity (Wildman–Crippen MR) is 75.5 cm³/mol. The molecule has 0 heterocycles. The summed E-state index contributed by atoms with van der Waals surface area (Å²) in [5.41, 5.74) is 0. The fourth-order valence-electron chi connectivity index (χ4n) is 2.28. The van der Waals surface area contributed by atoms with E-state index < -0.39 is 12.1 Å². The lowest BCUT2D eigenvalue weighted by Gasteiger charge is -1.98. The molecule has 1 rings (SSSR count). The highest BCUT2D eigenvalue weighted by Gasteiger charge is 2.35. The zero-order chi connectivity index (χ0) is 14.1. The molecular formula is C16H24O3. The van der Waals surface area contributed by atoms with Crippen molar-refractivity contribution < 1.29 is 15.0 Å². The van der Waals surface area contributed by atoms with Crippen molar-refractivity contribution in [2.75, 3.05) is 0 Å². The number of carboxylic acid groups (broad SMARTS) is 1. The second kappa shape index (κ2) is 8.77. The largest absolute Gasteiger partial charge is 0.481 e. The van der Waals surface area contributed by atoms with Gasteiger partial charge in [0, 0.05) is 12.8 Å². The molecule has 0 amide bonds. The number of allylic oxidation sites excluding steroid dienone is 1. The van der Waals surface area contributed by atoms with Crippen LogP contribution in [0.1, 0.15) is 51.9 Å². The van der Waals surface area contributed by atoms with Gasteiger partial charge in [-0.15, -0.1) is 0 Å². The number of hydrogen-bond acceptors (Lipinski definition) is 2. The van der Waals surface area contributed by atoms with Gasteiger partial charge in [0.05, 0.1) is 6.10 Å². The number of aliphatic hydroxyl groups is 1. The maximum absolute atomic E-state index is 10.4. The second-order valence-corrected chi connectivity index (χ2v) is 5.35. The first-order chi connectivity index (χ1) is 9.09. The summed E-state index contributed by atoms with van der Waals surface area (Å²) in [5, 5.41) is 17.5. The highest BCUT2D eigenvalue weighted by molar-refractivity contribution is 5.66. The van der Waals surface area contributed by atoms with Gasteiger partial charge in [0.25, 0.3) is 0 Å². The van der Waals surface area contributed by atoms with Crippen LogP contribution in [0.25, 0.3) is 0 Å². The lowest BCUT2D eigenvalue weighted by molar-refractivity contribution is -0.137. The van der Waals surface area contributed by atoms with E-state index in [4.69, 9.17) is 10.2 Å². The Morgan fingerprint density at radius 2 is 2.11 bits per heavy atom. The lowest BCUT2D eigenvalue weighted by Crippen LogP contribution is -1.94. The van der Waals surface area contributed by atoms with Crippen LogP contribution in [0.2, 0.25) is 0 Å². The van der Waals surface area contributed by atoms with Crippen molar-refractivity contribution in [1.82, 2.24) is 0 Å². The Bertz CT molecular complexity index is 360. The number of unbranched alkanes of at least 4 members (excludes halogenated alkanes) is 1. The molecule has 0 radical (unpaired) electrons. The van der Waals surface area contributed by atoms with E-state index in [0.29, 0.717) is 6.42 Å². The van der Waals surface area contributed by atoms with Crippen LogP contribution in [0, 0.1) is 23.7 Å². The van der Waals surface area contributed by atoms with Gasteiger partial charge in [0.1, 0.15) is 0 Å². The molecule has 0 bridgehead atoms. The summed E-state index contributed by atoms with van der Waals surface area (Å²) < 4.78 is 0. The number of aliphatic hydroxyl groups excluding tert-OH is 1. The Labute approximate surface area is 115 Å². The molecule has 0 aliphatic heterocycles. The molecule has 3 nitrogen and oxygen atoms in total. The van der Waals surface area contributed by atoms with Gasteiger partial charge in [-0.05, 0) is 50.2 Å². The van der Waals surface area contributed by atoms with Crippen LogP contribution < -0.4 is 0 Å². The Kier molecular flexibility index (Phi) is 7.28. The predicted octanol–water partition coefficient (Wildman–Crippen LogP) is 2.99. The van der Waals surface area contributed by atoms with Gasteiger partial charge < -0.3 is 10.2 Å². The highest BCUT2D eigenvalue weighted by atomic mass is 16.4. The maximum atomic E-state index is 10.4. The van der Waals surface area contributed by atoms with E-state index >= 15 is 0 Å². The number of carboxylic acids is 1. The minimum Gasteiger partial charge on any atom is -0.481 e. The van der Waals surface area contributed by atoms with Gasteiger partial charge in [0.15, 0.2) is 0 Å². The molecule has 1 fully saturated rings. The fraction of sp³-hybridized carbons (Fsp3) is 0.688. The van der Waals surface area contributed by atoms with Crippen LogP contribution in [-0.4, -0.2) is 22.3 Å². The van der Waals surface area contributed by atoms with Gasteiger partial charge in [0.2, 0.25) is 0 Å². The van der Waals surface area contributed by atoms with Gasteiger partial charge >= 0.3 is 5.97 Å². The van der Waals surface area contributed by atoms with Crippen molar-refractivity contribution in [3.8, 4) is 11.8 Å². The van der Waals surface area contributed by atoms with Crippen molar-refractivity contribution >= 4 is 5.97 Å². The zero-order valence-corrected chi connectivity index (χ0v) is 11.6. The van der Waals surface area contributed by atoms with E-state index in [1.807, 2.05) is 0 Å². The first-order valence-corrected chi connectivity index (χ1v) is 7.14. The van der Waals surface area contributed by atoms with E-state index in [2.05, 4.69) is 11.8 Å². The molecule has 0 aromatic carbocycles. The normalized spacial score (nSPS) is 22.8. The standard InChI is InChI=1S/C16H24O3/c1-13(17)8-4-2-3-5-9-14-12-15(14)10-6-7-11-16(18)19/h4,8,13-15,17H,5-7,9-12H2,1H3,(H,18,19)/b8-4+. The second-order valence-electron chi connectivity index (χ2n) is 5.35. The van der Waals surface area contributed by atoms with Gasteiger partial charge in [-0.25, -0.2) is 0 Å². The average molecular weight is 264 g/mol. The molecule has 3 atom stereocenters. The molecule has 1 saturated carbocycles. The molecule has 2 N–H and O–H groups in total. The topological polar surface area (TPSA) is 57.5 Å². The smallest absolute Gasteiger partial charge is 0.303 e. The Morgan fingerprint density at radius 3 is 2.79 bits per heavy atom. The molecular weight excluding hydrogens is 240 g/mol. The van der Waals surface area contributed by atoms with Crippen molar-refractivity contribution in [2.24, 2.45) is 11.8 Å². The van der Waals surface area contributed by atoms with Gasteiger partial charge in [-0.1, -0.05) is 24.7 Å². The highest BCUT2D eigenvalue weighted by Crippen LogP contribution is 2.45. The summed E-state index contributed by atoms with van der Waals surface area (Å²) in [6, 6.07) is 0. The summed E-state index contributed by atoms with van der Waals surface area (Å²) in [4.78, 5) is 10.4. The SMILES string of the molecule is CC(O)/C=C/C#CCCC1CC1CCCCC(=O)O. The van der Waals surface area contributed by atoms with Crippen molar-refractivity contribution in [3.63, 3.8) is 0 Å². The molecule has 3 unspecified atom stereocenters. The molecule has 0 spiro atoms. The van der Waals surface area contributed by atoms with Crippen molar-refractivity contribution in [1.29, 1.82) is 0 Å². The summed E-state index contributed by atoms with van der Waals surface area (Å²) in [7, 11) is 0. The van der Waals surface area contributed by atoms with E-state index in [1.54, 1.807) is 19.1 Å². The Morgan fingerprint density at radius 1 is 1.37 bits per heavy atom. The number of aliphatic carboxylic acids is 1. The monoisotopic (exact) mass is 264 g/mol. The molecule has 0 aromatic rings. The minimum atomic E-state index is -0.687. The Balaban J connectivity index is 1.97. The van der Waals surface area contributed by atoms with Crippen molar-refractivity contribution in [3.05, 3.63) is 12.2 Å². The minimum absolute atomic E-state index is 0.304. The van der Waals surface area contributed by atoms with Crippen LogP contribution in [0.3, 0.4) is 0 Å². The van der Waals surface area contributed by atoms with Crippen LogP contribution in [0.5, 0.6) is 0 Å². The van der Waals surface area contributed by atoms with Crippen LogP contribution in [0.4, 0.5) is 0 Å². The maximum Gasteiger partial charge on any atom is 0.303 e. The molecule has 0 aromatic heterocycles. The molecule has 19 heavy (non-hydrogen) atoms. The van der Waals surface area contributed by atoms with E-state index in [0.717, 1.165) is 37.5 Å². The third kappa shape index (κ3) is 8.45. The average Bonchev–Trinajstić information content (AvgIpc) is 3.07. The number of carbonyl (C=O) groups is 1. The van der Waals surface area contributed by atoms with Gasteiger partial charge in [-0.3, -0.25) is 4.79 Å². The quantitative estimate of drug-likeness (QED) is 0.523. The van der Waals surface area contributed by atoms with E-state index in [-0.39, 0.29) is 0 Å². The Hall–Kier alpha value is -1.27. The zero-order valence-electron chi connectivity index (χ0n) is 11.6. The summed E-state index contributed by atoms with van der Waals surface area (Å²) in [6.45, 7) is 1.71. The molecule has 106 valence electrons. The van der Waals surface area contributed by atoms with E-state index in [9.17, 15) is 4.79 Å². The first-order valence-electron chi connectivity index (χ1n) is 7.14. The summed E-state index contributed by atoms with van der Waals surface area (Å²) >= 11 is 0. The number of hydrogen-bond donors (Lipinski definition) is 2. The molecule has 0 saturated heterocycles. The van der Waals surface area contributed by atoms with Crippen LogP contribution >= 0.6 is 0 Å². The summed E-state index contributed by atoms with van der Waals surface area (Å²) in [5.74, 6) is 6.94.